The molecule has 0 aromatic heterocycles. The van der Waals surface area contributed by atoms with Gasteiger partial charge in [0.25, 0.3) is 0 Å². The van der Waals surface area contributed by atoms with E-state index in [0.717, 1.165) is 8.95 Å². The van der Waals surface area contributed by atoms with Crippen LogP contribution in [0, 0.1) is 0 Å². The molecule has 232 valence electrons. The number of halogens is 2. The molecule has 0 aliphatic heterocycles. The maximum atomic E-state index is 12.5. The van der Waals surface area contributed by atoms with E-state index < -0.39 is 20.0 Å². The zero-order valence-corrected chi connectivity index (χ0v) is 28.1. The van der Waals surface area contributed by atoms with Gasteiger partial charge in [-0.15, -0.1) is 0 Å². The second-order valence-corrected chi connectivity index (χ2v) is 14.5. The van der Waals surface area contributed by atoms with Gasteiger partial charge in [0.1, 0.15) is 0 Å². The fourth-order valence-corrected chi connectivity index (χ4v) is 6.02. The molecule has 2 rings (SSSR count). The van der Waals surface area contributed by atoms with Crippen molar-refractivity contribution in [3.63, 3.8) is 0 Å². The molecule has 0 aliphatic rings. The SMILES string of the molecule is CN(CCOCCOCCOCCOCCOCCN(C)S(=O)(=O)c1ccc(Br)cc1)S(=O)(=O)c1ccc(Br)cc1. The van der Waals surface area contributed by atoms with Crippen LogP contribution in [0.15, 0.2) is 67.3 Å². The van der Waals surface area contributed by atoms with Gasteiger partial charge in [-0.1, -0.05) is 31.9 Å². The first-order valence-corrected chi connectivity index (χ1v) is 17.3. The Balaban J connectivity index is 1.38. The molecule has 0 bridgehead atoms. The van der Waals surface area contributed by atoms with Crippen molar-refractivity contribution in [1.82, 2.24) is 8.61 Å². The molecule has 0 aliphatic carbocycles. The number of nitrogens with zero attached hydrogens (tertiary/aromatic N) is 2. The van der Waals surface area contributed by atoms with Crippen molar-refractivity contribution in [2.75, 3.05) is 93.3 Å². The Hall–Kier alpha value is -0.980. The average Bonchev–Trinajstić information content (AvgIpc) is 2.94. The van der Waals surface area contributed by atoms with Gasteiger partial charge in [-0.25, -0.2) is 16.8 Å². The highest BCUT2D eigenvalue weighted by molar-refractivity contribution is 9.10. The van der Waals surface area contributed by atoms with E-state index >= 15 is 0 Å². The zero-order valence-electron chi connectivity index (χ0n) is 23.2. The van der Waals surface area contributed by atoms with Crippen molar-refractivity contribution < 1.29 is 40.5 Å². The van der Waals surface area contributed by atoms with Gasteiger partial charge in [0.15, 0.2) is 0 Å². The van der Waals surface area contributed by atoms with E-state index in [-0.39, 0.29) is 36.1 Å². The van der Waals surface area contributed by atoms with Crippen molar-refractivity contribution in [3.8, 4) is 0 Å². The number of hydrogen-bond donors (Lipinski definition) is 0. The lowest BCUT2D eigenvalue weighted by Crippen LogP contribution is -2.30. The fourth-order valence-electron chi connectivity index (χ4n) is 3.18. The van der Waals surface area contributed by atoms with Gasteiger partial charge in [0, 0.05) is 36.1 Å². The predicted molar refractivity (Wildman–Crippen MR) is 162 cm³/mol. The molecule has 15 heteroatoms. The molecule has 0 radical (unpaired) electrons. The van der Waals surface area contributed by atoms with Gasteiger partial charge in [0.2, 0.25) is 20.0 Å². The summed E-state index contributed by atoms with van der Waals surface area (Å²) in [7, 11) is -4.06. The first-order valence-electron chi connectivity index (χ1n) is 12.9. The van der Waals surface area contributed by atoms with Crippen LogP contribution in [-0.2, 0) is 43.7 Å². The van der Waals surface area contributed by atoms with Gasteiger partial charge in [-0.05, 0) is 48.5 Å². The number of ether oxygens (including phenoxy) is 5. The van der Waals surface area contributed by atoms with E-state index in [4.69, 9.17) is 23.7 Å². The average molecular weight is 747 g/mol. The minimum atomic E-state index is -3.55. The van der Waals surface area contributed by atoms with E-state index in [2.05, 4.69) is 31.9 Å². The third kappa shape index (κ3) is 13.5. The maximum absolute atomic E-state index is 12.5. The summed E-state index contributed by atoms with van der Waals surface area (Å²) in [6.07, 6.45) is 0. The van der Waals surface area contributed by atoms with Crippen molar-refractivity contribution in [3.05, 3.63) is 57.5 Å². The lowest BCUT2D eigenvalue weighted by atomic mass is 10.4. The van der Waals surface area contributed by atoms with E-state index in [1.807, 2.05) is 0 Å². The Morgan fingerprint density at radius 1 is 0.488 bits per heavy atom. The summed E-state index contributed by atoms with van der Waals surface area (Å²) in [5.74, 6) is 0. The van der Waals surface area contributed by atoms with Crippen LogP contribution in [0.2, 0.25) is 0 Å². The summed E-state index contributed by atoms with van der Waals surface area (Å²) >= 11 is 6.59. The smallest absolute Gasteiger partial charge is 0.242 e. The van der Waals surface area contributed by atoms with Gasteiger partial charge in [0.05, 0.1) is 75.9 Å². The van der Waals surface area contributed by atoms with Crippen LogP contribution < -0.4 is 0 Å². The van der Waals surface area contributed by atoms with Crippen molar-refractivity contribution in [1.29, 1.82) is 0 Å². The second kappa shape index (κ2) is 19.3. The van der Waals surface area contributed by atoms with Crippen molar-refractivity contribution >= 4 is 51.9 Å². The lowest BCUT2D eigenvalue weighted by Gasteiger charge is -2.17. The Morgan fingerprint density at radius 2 is 0.732 bits per heavy atom. The Labute approximate surface area is 260 Å². The van der Waals surface area contributed by atoms with Gasteiger partial charge < -0.3 is 23.7 Å². The predicted octanol–water partition coefficient (Wildman–Crippen LogP) is 3.24. The first-order chi connectivity index (χ1) is 19.5. The lowest BCUT2D eigenvalue weighted by molar-refractivity contribution is -0.0115. The molecule has 0 unspecified atom stereocenters. The van der Waals surface area contributed by atoms with Crippen LogP contribution in [0.1, 0.15) is 0 Å². The van der Waals surface area contributed by atoms with Crippen LogP contribution in [-0.4, -0.2) is 119 Å². The molecule has 2 aromatic carbocycles. The Kier molecular flexibility index (Phi) is 17.1. The number of sulfonamides is 2. The Bertz CT molecular complexity index is 1120. The number of likely N-dealkylation sites (N-methyl/N-ethyl adjacent to an activating group) is 2. The third-order valence-electron chi connectivity index (χ3n) is 5.63. The summed E-state index contributed by atoms with van der Waals surface area (Å²) in [6, 6.07) is 13.0. The van der Waals surface area contributed by atoms with Gasteiger partial charge in [-0.3, -0.25) is 0 Å². The highest BCUT2D eigenvalue weighted by Crippen LogP contribution is 2.18. The fraction of sp³-hybridized carbons (Fsp3) is 0.538. The molecular weight excluding hydrogens is 708 g/mol. The Morgan fingerprint density at radius 3 is 1.00 bits per heavy atom. The maximum Gasteiger partial charge on any atom is 0.242 e. The number of rotatable bonds is 22. The molecule has 0 atom stereocenters. The van der Waals surface area contributed by atoms with Gasteiger partial charge >= 0.3 is 0 Å². The van der Waals surface area contributed by atoms with Crippen molar-refractivity contribution in [2.24, 2.45) is 0 Å². The summed E-state index contributed by atoms with van der Waals surface area (Å²) in [4.78, 5) is 0.466. The van der Waals surface area contributed by atoms with Gasteiger partial charge in [-0.2, -0.15) is 8.61 Å². The first kappa shape index (κ1) is 36.2. The summed E-state index contributed by atoms with van der Waals surface area (Å²) in [6.45, 7) is 4.06. The van der Waals surface area contributed by atoms with Crippen LogP contribution >= 0.6 is 31.9 Å². The van der Waals surface area contributed by atoms with E-state index in [1.54, 1.807) is 48.5 Å². The normalized spacial score (nSPS) is 12.4. The van der Waals surface area contributed by atoms with Crippen LogP contribution in [0.4, 0.5) is 0 Å². The quantitative estimate of drug-likeness (QED) is 0.167. The molecule has 0 fully saturated rings. The molecule has 11 nitrogen and oxygen atoms in total. The van der Waals surface area contributed by atoms with Crippen LogP contribution in [0.5, 0.6) is 0 Å². The summed E-state index contributed by atoms with van der Waals surface area (Å²) in [5, 5.41) is 0. The van der Waals surface area contributed by atoms with Crippen LogP contribution in [0.3, 0.4) is 0 Å². The van der Waals surface area contributed by atoms with E-state index in [0.29, 0.717) is 52.9 Å². The molecule has 2 aromatic rings. The number of hydrogen-bond acceptors (Lipinski definition) is 9. The monoisotopic (exact) mass is 744 g/mol. The standard InChI is InChI=1S/C26H38Br2N2O9S2/c1-29(40(31,32)25-7-3-23(27)4-8-25)11-13-35-15-17-37-19-21-39-22-20-38-18-16-36-14-12-30(2)41(33,34)26-9-5-24(28)6-10-26/h3-10H,11-22H2,1-2H3. The molecular formula is C26H38Br2N2O9S2. The second-order valence-electron chi connectivity index (χ2n) is 8.62. The largest absolute Gasteiger partial charge is 0.378 e. The van der Waals surface area contributed by atoms with Crippen LogP contribution in [0.25, 0.3) is 0 Å². The molecule has 0 heterocycles. The van der Waals surface area contributed by atoms with Crippen molar-refractivity contribution in [2.45, 2.75) is 9.79 Å². The van der Waals surface area contributed by atoms with E-state index in [9.17, 15) is 16.8 Å². The molecule has 41 heavy (non-hydrogen) atoms. The third-order valence-corrected chi connectivity index (χ3v) is 10.4. The molecule has 0 amide bonds. The summed E-state index contributed by atoms with van der Waals surface area (Å²) < 4.78 is 81.5. The minimum absolute atomic E-state index is 0.233. The minimum Gasteiger partial charge on any atom is -0.378 e. The highest BCUT2D eigenvalue weighted by atomic mass is 79.9. The molecule has 0 N–H and O–H groups in total. The number of benzene rings is 2. The molecule has 0 saturated heterocycles. The molecule has 0 saturated carbocycles. The molecule has 0 spiro atoms. The van der Waals surface area contributed by atoms with E-state index in [1.165, 1.54) is 22.7 Å². The topological polar surface area (TPSA) is 121 Å². The zero-order chi connectivity index (χ0) is 30.1. The summed E-state index contributed by atoms with van der Waals surface area (Å²) in [5.41, 5.74) is 0. The highest BCUT2D eigenvalue weighted by Gasteiger charge is 2.21.